The summed E-state index contributed by atoms with van der Waals surface area (Å²) < 4.78 is 5.32. The average molecular weight is 316 g/mol. The van der Waals surface area contributed by atoms with Crippen LogP contribution >= 0.6 is 0 Å². The fourth-order valence-electron chi connectivity index (χ4n) is 4.09. The summed E-state index contributed by atoms with van der Waals surface area (Å²) in [5.41, 5.74) is 8.17. The van der Waals surface area contributed by atoms with Gasteiger partial charge in [-0.1, -0.05) is 6.07 Å². The molecule has 0 aromatic heterocycles. The van der Waals surface area contributed by atoms with Crippen molar-refractivity contribution >= 4 is 11.8 Å². The van der Waals surface area contributed by atoms with Gasteiger partial charge in [0.1, 0.15) is 0 Å². The zero-order chi connectivity index (χ0) is 16.4. The Bertz CT molecular complexity index is 629. The van der Waals surface area contributed by atoms with Crippen LogP contribution in [0.2, 0.25) is 0 Å². The smallest absolute Gasteiger partial charge is 0.254 e. The van der Waals surface area contributed by atoms with Crippen LogP contribution in [-0.4, -0.2) is 42.5 Å². The minimum absolute atomic E-state index is 0.0181. The SMILES string of the molecule is COCC1(CC(N)=O)CCCN1C(=O)c1ccc2c(c1)CCC2. The van der Waals surface area contributed by atoms with Crippen LogP contribution < -0.4 is 5.73 Å². The molecule has 0 spiro atoms. The number of hydrogen-bond acceptors (Lipinski definition) is 3. The second-order valence-corrected chi connectivity index (χ2v) is 6.70. The monoisotopic (exact) mass is 316 g/mol. The second-order valence-electron chi connectivity index (χ2n) is 6.70. The Balaban J connectivity index is 1.88. The highest BCUT2D eigenvalue weighted by molar-refractivity contribution is 5.95. The van der Waals surface area contributed by atoms with Crippen LogP contribution in [0.1, 0.15) is 47.2 Å². The highest BCUT2D eigenvalue weighted by Crippen LogP contribution is 2.34. The van der Waals surface area contributed by atoms with E-state index < -0.39 is 11.4 Å². The summed E-state index contributed by atoms with van der Waals surface area (Å²) in [5.74, 6) is -0.411. The van der Waals surface area contributed by atoms with Gasteiger partial charge in [0, 0.05) is 19.2 Å². The number of rotatable bonds is 5. The van der Waals surface area contributed by atoms with Crippen LogP contribution in [0, 0.1) is 0 Å². The Morgan fingerprint density at radius 2 is 2.04 bits per heavy atom. The van der Waals surface area contributed by atoms with E-state index in [1.807, 2.05) is 12.1 Å². The van der Waals surface area contributed by atoms with Crippen molar-refractivity contribution in [2.24, 2.45) is 5.73 Å². The lowest BCUT2D eigenvalue weighted by molar-refractivity contribution is -0.121. The summed E-state index contributed by atoms with van der Waals surface area (Å²) in [6, 6.07) is 6.00. The van der Waals surface area contributed by atoms with Crippen LogP contribution in [-0.2, 0) is 22.4 Å². The van der Waals surface area contributed by atoms with Gasteiger partial charge in [0.15, 0.2) is 0 Å². The van der Waals surface area contributed by atoms with Gasteiger partial charge in [-0.3, -0.25) is 9.59 Å². The Morgan fingerprint density at radius 1 is 1.26 bits per heavy atom. The van der Waals surface area contributed by atoms with Gasteiger partial charge in [0.25, 0.3) is 5.91 Å². The summed E-state index contributed by atoms with van der Waals surface area (Å²) in [7, 11) is 1.60. The third-order valence-corrected chi connectivity index (χ3v) is 5.10. The second kappa shape index (κ2) is 6.32. The molecule has 1 aromatic rings. The highest BCUT2D eigenvalue weighted by atomic mass is 16.5. The molecular weight excluding hydrogens is 292 g/mol. The molecule has 0 radical (unpaired) electrons. The van der Waals surface area contributed by atoms with Crippen molar-refractivity contribution in [1.82, 2.24) is 4.90 Å². The minimum Gasteiger partial charge on any atom is -0.382 e. The largest absolute Gasteiger partial charge is 0.382 e. The molecule has 1 heterocycles. The van der Waals surface area contributed by atoms with E-state index in [0.29, 0.717) is 18.7 Å². The first-order chi connectivity index (χ1) is 11.1. The normalized spacial score (nSPS) is 23.1. The summed E-state index contributed by atoms with van der Waals surface area (Å²) in [5, 5.41) is 0. The molecule has 1 fully saturated rings. The first-order valence-electron chi connectivity index (χ1n) is 8.27. The topological polar surface area (TPSA) is 72.6 Å². The van der Waals surface area contributed by atoms with Crippen molar-refractivity contribution in [3.8, 4) is 0 Å². The van der Waals surface area contributed by atoms with Crippen molar-refractivity contribution in [2.45, 2.75) is 44.1 Å². The molecule has 0 bridgehead atoms. The van der Waals surface area contributed by atoms with Crippen molar-refractivity contribution in [1.29, 1.82) is 0 Å². The number of carbonyl (C=O) groups is 2. The third-order valence-electron chi connectivity index (χ3n) is 5.10. The van der Waals surface area contributed by atoms with Crippen molar-refractivity contribution in [3.63, 3.8) is 0 Å². The molecule has 1 saturated heterocycles. The summed E-state index contributed by atoms with van der Waals surface area (Å²) >= 11 is 0. The van der Waals surface area contributed by atoms with Crippen molar-refractivity contribution in [2.75, 3.05) is 20.3 Å². The van der Waals surface area contributed by atoms with E-state index in [-0.39, 0.29) is 12.3 Å². The predicted octanol–water partition coefficient (Wildman–Crippen LogP) is 1.67. The predicted molar refractivity (Wildman–Crippen MR) is 87.2 cm³/mol. The Hall–Kier alpha value is -1.88. The highest BCUT2D eigenvalue weighted by Gasteiger charge is 2.45. The maximum Gasteiger partial charge on any atom is 0.254 e. The number of primary amides is 1. The fourth-order valence-corrected chi connectivity index (χ4v) is 4.09. The molecule has 3 rings (SSSR count). The number of aryl methyl sites for hydroxylation is 2. The Morgan fingerprint density at radius 3 is 2.78 bits per heavy atom. The lowest BCUT2D eigenvalue weighted by atomic mass is 9.91. The molecule has 2 N–H and O–H groups in total. The number of likely N-dealkylation sites (tertiary alicyclic amines) is 1. The molecular formula is C18H24N2O3. The molecule has 1 aliphatic carbocycles. The van der Waals surface area contributed by atoms with Gasteiger partial charge < -0.3 is 15.4 Å². The van der Waals surface area contributed by atoms with Crippen LogP contribution in [0.25, 0.3) is 0 Å². The number of carbonyl (C=O) groups excluding carboxylic acids is 2. The van der Waals surface area contributed by atoms with Gasteiger partial charge in [0.05, 0.1) is 18.6 Å². The zero-order valence-corrected chi connectivity index (χ0v) is 13.6. The summed E-state index contributed by atoms with van der Waals surface area (Å²) in [4.78, 5) is 26.4. The molecule has 23 heavy (non-hydrogen) atoms. The maximum atomic E-state index is 13.0. The van der Waals surface area contributed by atoms with Crippen molar-refractivity contribution < 1.29 is 14.3 Å². The molecule has 124 valence electrons. The van der Waals surface area contributed by atoms with Crippen LogP contribution in [0.15, 0.2) is 18.2 Å². The summed E-state index contributed by atoms with van der Waals surface area (Å²) in [6.07, 6.45) is 5.07. The van der Waals surface area contributed by atoms with Gasteiger partial charge in [0.2, 0.25) is 5.91 Å². The number of nitrogens with two attached hydrogens (primary N) is 1. The standard InChI is InChI=1S/C18H24N2O3/c1-23-12-18(11-16(19)21)8-3-9-20(18)17(22)15-7-6-13-4-2-5-14(13)10-15/h6-7,10H,2-5,8-9,11-12H2,1H3,(H2,19,21). The van der Waals surface area contributed by atoms with Gasteiger partial charge in [-0.2, -0.15) is 0 Å². The third kappa shape index (κ3) is 2.98. The molecule has 1 atom stereocenters. The van der Waals surface area contributed by atoms with E-state index >= 15 is 0 Å². The number of methoxy groups -OCH3 is 1. The lowest BCUT2D eigenvalue weighted by Gasteiger charge is -2.37. The minimum atomic E-state index is -0.601. The quantitative estimate of drug-likeness (QED) is 0.898. The maximum absolute atomic E-state index is 13.0. The number of amides is 2. The molecule has 1 unspecified atom stereocenters. The molecule has 1 aliphatic heterocycles. The molecule has 1 aromatic carbocycles. The average Bonchev–Trinajstić information content (AvgIpc) is 3.12. The number of benzene rings is 1. The Labute approximate surface area is 136 Å². The first kappa shape index (κ1) is 16.0. The number of ether oxygens (including phenoxy) is 1. The summed E-state index contributed by atoms with van der Waals surface area (Å²) in [6.45, 7) is 0.985. The van der Waals surface area contributed by atoms with E-state index in [9.17, 15) is 9.59 Å². The fraction of sp³-hybridized carbons (Fsp3) is 0.556. The zero-order valence-electron chi connectivity index (χ0n) is 13.6. The lowest BCUT2D eigenvalue weighted by Crippen LogP contribution is -2.52. The first-order valence-corrected chi connectivity index (χ1v) is 8.27. The van der Waals surface area contributed by atoms with E-state index in [1.54, 1.807) is 12.0 Å². The Kier molecular flexibility index (Phi) is 4.39. The number of hydrogen-bond donors (Lipinski definition) is 1. The van der Waals surface area contributed by atoms with Gasteiger partial charge >= 0.3 is 0 Å². The van der Waals surface area contributed by atoms with E-state index in [4.69, 9.17) is 10.5 Å². The van der Waals surface area contributed by atoms with E-state index in [1.165, 1.54) is 11.1 Å². The van der Waals surface area contributed by atoms with E-state index in [2.05, 4.69) is 6.07 Å². The number of fused-ring (bicyclic) bond motifs is 1. The van der Waals surface area contributed by atoms with Gasteiger partial charge in [-0.25, -0.2) is 0 Å². The van der Waals surface area contributed by atoms with Crippen LogP contribution in [0.4, 0.5) is 0 Å². The number of nitrogens with zero attached hydrogens (tertiary/aromatic N) is 1. The molecule has 0 saturated carbocycles. The molecule has 5 nitrogen and oxygen atoms in total. The molecule has 2 amide bonds. The molecule has 2 aliphatic rings. The van der Waals surface area contributed by atoms with Gasteiger partial charge in [-0.05, 0) is 55.4 Å². The van der Waals surface area contributed by atoms with Gasteiger partial charge in [-0.15, -0.1) is 0 Å². The van der Waals surface area contributed by atoms with Crippen LogP contribution in [0.3, 0.4) is 0 Å². The van der Waals surface area contributed by atoms with Crippen LogP contribution in [0.5, 0.6) is 0 Å². The molecule has 5 heteroatoms. The van der Waals surface area contributed by atoms with E-state index in [0.717, 1.165) is 32.1 Å². The van der Waals surface area contributed by atoms with Crippen molar-refractivity contribution in [3.05, 3.63) is 34.9 Å².